The van der Waals surface area contributed by atoms with Gasteiger partial charge in [0, 0.05) is 10.6 Å². The first-order valence-electron chi connectivity index (χ1n) is 9.26. The van der Waals surface area contributed by atoms with Crippen LogP contribution in [-0.2, 0) is 0 Å². The maximum Gasteiger partial charge on any atom is 0.235 e. The molecule has 0 radical (unpaired) electrons. The molecule has 0 aliphatic carbocycles. The van der Waals surface area contributed by atoms with E-state index in [-0.39, 0.29) is 17.8 Å². The Bertz CT molecular complexity index is 1180. The number of hydrogen-bond donors (Lipinski definition) is 0. The zero-order chi connectivity index (χ0) is 20.2. The van der Waals surface area contributed by atoms with E-state index in [0.717, 1.165) is 16.9 Å². The van der Waals surface area contributed by atoms with Gasteiger partial charge >= 0.3 is 0 Å². The molecule has 0 amide bonds. The fourth-order valence-corrected chi connectivity index (χ4v) is 3.19. The number of para-hydroxylation sites is 1. The normalized spacial score (nSPS) is 10.8. The minimum Gasteiger partial charge on any atom is -0.490 e. The lowest BCUT2D eigenvalue weighted by molar-refractivity contribution is 0.214. The Kier molecular flexibility index (Phi) is 5.54. The molecule has 4 rings (SSSR count). The van der Waals surface area contributed by atoms with Crippen LogP contribution in [0.15, 0.2) is 82.0 Å². The molecule has 0 N–H and O–H groups in total. The van der Waals surface area contributed by atoms with Crippen LogP contribution in [0.4, 0.5) is 0 Å². The first-order chi connectivity index (χ1) is 14.1. The Morgan fingerprint density at radius 1 is 0.897 bits per heavy atom. The lowest BCUT2D eigenvalue weighted by Crippen LogP contribution is -2.15. The highest BCUT2D eigenvalue weighted by molar-refractivity contribution is 6.32. The van der Waals surface area contributed by atoms with Gasteiger partial charge in [0.15, 0.2) is 5.76 Å². The van der Waals surface area contributed by atoms with E-state index in [1.54, 1.807) is 12.1 Å². The fourth-order valence-electron chi connectivity index (χ4n) is 3.03. The van der Waals surface area contributed by atoms with Gasteiger partial charge in [-0.25, -0.2) is 0 Å². The van der Waals surface area contributed by atoms with E-state index < -0.39 is 0 Å². The molecular formula is C24H19ClO4. The van der Waals surface area contributed by atoms with Gasteiger partial charge in [-0.2, -0.15) is 0 Å². The van der Waals surface area contributed by atoms with Crippen molar-refractivity contribution < 1.29 is 13.9 Å². The third-order valence-electron chi connectivity index (χ3n) is 4.51. The molecule has 0 bridgehead atoms. The molecule has 0 saturated heterocycles. The Hall–Kier alpha value is -3.24. The van der Waals surface area contributed by atoms with Crippen LogP contribution in [0, 0.1) is 6.92 Å². The predicted octanol–water partition coefficient (Wildman–Crippen LogP) is 5.88. The van der Waals surface area contributed by atoms with Crippen LogP contribution in [0.1, 0.15) is 5.56 Å². The van der Waals surface area contributed by atoms with E-state index in [2.05, 4.69) is 0 Å². The second kappa shape index (κ2) is 8.41. The lowest BCUT2D eigenvalue weighted by atomic mass is 10.1. The number of rotatable bonds is 6. The smallest absolute Gasteiger partial charge is 0.235 e. The van der Waals surface area contributed by atoms with Gasteiger partial charge in [0.2, 0.25) is 11.2 Å². The lowest BCUT2D eigenvalue weighted by Gasteiger charge is -2.13. The van der Waals surface area contributed by atoms with E-state index in [0.29, 0.717) is 28.4 Å². The summed E-state index contributed by atoms with van der Waals surface area (Å²) >= 11 is 6.22. The minimum absolute atomic E-state index is 0.153. The van der Waals surface area contributed by atoms with Crippen molar-refractivity contribution in [1.29, 1.82) is 0 Å². The minimum atomic E-state index is -0.258. The maximum absolute atomic E-state index is 13.2. The molecule has 5 heteroatoms. The molecule has 4 aromatic rings. The molecule has 0 aliphatic rings. The number of benzene rings is 3. The number of ether oxygens (including phenoxy) is 2. The molecule has 29 heavy (non-hydrogen) atoms. The molecule has 0 unspecified atom stereocenters. The standard InChI is InChI=1S/C24H19ClO4/c1-16-14-21-19(15-20(16)25)22(26)24(23(29-21)17-8-4-2-5-9-17)28-13-12-27-18-10-6-3-7-11-18/h2-11,14-15H,12-13H2,1H3. The quantitative estimate of drug-likeness (QED) is 0.375. The van der Waals surface area contributed by atoms with Gasteiger partial charge in [-0.05, 0) is 36.8 Å². The summed E-state index contributed by atoms with van der Waals surface area (Å²) in [7, 11) is 0. The molecule has 0 spiro atoms. The first-order valence-corrected chi connectivity index (χ1v) is 9.64. The third-order valence-corrected chi connectivity index (χ3v) is 4.91. The summed E-state index contributed by atoms with van der Waals surface area (Å²) in [5.74, 6) is 1.29. The van der Waals surface area contributed by atoms with Gasteiger partial charge in [0.25, 0.3) is 0 Å². The SMILES string of the molecule is Cc1cc2oc(-c3ccccc3)c(OCCOc3ccccc3)c(=O)c2cc1Cl. The van der Waals surface area contributed by atoms with Gasteiger partial charge in [0.05, 0.1) is 5.39 Å². The molecular weight excluding hydrogens is 388 g/mol. The second-order valence-electron chi connectivity index (χ2n) is 6.56. The average Bonchev–Trinajstić information content (AvgIpc) is 2.75. The number of aryl methyl sites for hydroxylation is 1. The van der Waals surface area contributed by atoms with E-state index in [1.165, 1.54) is 0 Å². The van der Waals surface area contributed by atoms with E-state index >= 15 is 0 Å². The van der Waals surface area contributed by atoms with Gasteiger partial charge < -0.3 is 13.9 Å². The summed E-state index contributed by atoms with van der Waals surface area (Å²) in [5, 5.41) is 0.898. The number of halogens is 1. The average molecular weight is 407 g/mol. The van der Waals surface area contributed by atoms with Crippen LogP contribution >= 0.6 is 11.6 Å². The monoisotopic (exact) mass is 406 g/mol. The highest BCUT2D eigenvalue weighted by Gasteiger charge is 2.18. The molecule has 0 fully saturated rings. The van der Waals surface area contributed by atoms with Crippen LogP contribution in [-0.4, -0.2) is 13.2 Å². The van der Waals surface area contributed by atoms with Crippen molar-refractivity contribution in [3.05, 3.63) is 93.6 Å². The zero-order valence-electron chi connectivity index (χ0n) is 15.9. The third kappa shape index (κ3) is 4.13. The van der Waals surface area contributed by atoms with Gasteiger partial charge in [-0.1, -0.05) is 60.1 Å². The Morgan fingerprint density at radius 2 is 1.55 bits per heavy atom. The summed E-state index contributed by atoms with van der Waals surface area (Å²) < 4.78 is 17.6. The number of fused-ring (bicyclic) bond motifs is 1. The summed E-state index contributed by atoms with van der Waals surface area (Å²) in [6.45, 7) is 2.37. The zero-order valence-corrected chi connectivity index (χ0v) is 16.6. The molecule has 4 nitrogen and oxygen atoms in total. The molecule has 3 aromatic carbocycles. The summed E-state index contributed by atoms with van der Waals surface area (Å²) in [4.78, 5) is 13.2. The highest BCUT2D eigenvalue weighted by Crippen LogP contribution is 2.32. The van der Waals surface area contributed by atoms with Crippen LogP contribution in [0.2, 0.25) is 5.02 Å². The van der Waals surface area contributed by atoms with Crippen LogP contribution < -0.4 is 14.9 Å². The summed E-state index contributed by atoms with van der Waals surface area (Å²) in [5.41, 5.74) is 1.82. The molecule has 1 aromatic heterocycles. The summed E-state index contributed by atoms with van der Waals surface area (Å²) in [6.07, 6.45) is 0. The summed E-state index contributed by atoms with van der Waals surface area (Å²) in [6, 6.07) is 22.3. The first kappa shape index (κ1) is 19.1. The Balaban J connectivity index is 1.69. The fraction of sp³-hybridized carbons (Fsp3) is 0.125. The van der Waals surface area contributed by atoms with Crippen molar-refractivity contribution in [2.45, 2.75) is 6.92 Å². The van der Waals surface area contributed by atoms with E-state index in [9.17, 15) is 4.79 Å². The van der Waals surface area contributed by atoms with Gasteiger partial charge in [-0.15, -0.1) is 0 Å². The second-order valence-corrected chi connectivity index (χ2v) is 6.97. The molecule has 0 aliphatic heterocycles. The van der Waals surface area contributed by atoms with Crippen molar-refractivity contribution in [3.8, 4) is 22.8 Å². The van der Waals surface area contributed by atoms with Crippen LogP contribution in [0.5, 0.6) is 11.5 Å². The van der Waals surface area contributed by atoms with Gasteiger partial charge in [-0.3, -0.25) is 4.79 Å². The number of hydrogen-bond acceptors (Lipinski definition) is 4. The van der Waals surface area contributed by atoms with Crippen LogP contribution in [0.25, 0.3) is 22.3 Å². The predicted molar refractivity (Wildman–Crippen MR) is 115 cm³/mol. The van der Waals surface area contributed by atoms with E-state index in [4.69, 9.17) is 25.5 Å². The molecule has 146 valence electrons. The van der Waals surface area contributed by atoms with Crippen LogP contribution in [0.3, 0.4) is 0 Å². The topological polar surface area (TPSA) is 48.7 Å². The van der Waals surface area contributed by atoms with Crippen molar-refractivity contribution in [3.63, 3.8) is 0 Å². The van der Waals surface area contributed by atoms with Crippen molar-refractivity contribution in [2.75, 3.05) is 13.2 Å². The van der Waals surface area contributed by atoms with Crippen molar-refractivity contribution in [1.82, 2.24) is 0 Å². The van der Waals surface area contributed by atoms with E-state index in [1.807, 2.05) is 67.6 Å². The van der Waals surface area contributed by atoms with Crippen molar-refractivity contribution in [2.24, 2.45) is 0 Å². The highest BCUT2D eigenvalue weighted by atomic mass is 35.5. The van der Waals surface area contributed by atoms with Crippen molar-refractivity contribution >= 4 is 22.6 Å². The Labute approximate surface area is 173 Å². The molecule has 0 saturated carbocycles. The largest absolute Gasteiger partial charge is 0.490 e. The van der Waals surface area contributed by atoms with Gasteiger partial charge in [0.1, 0.15) is 24.5 Å². The molecule has 1 heterocycles. The molecule has 0 atom stereocenters. The maximum atomic E-state index is 13.2. The Morgan fingerprint density at radius 3 is 2.28 bits per heavy atom.